The summed E-state index contributed by atoms with van der Waals surface area (Å²) in [6, 6.07) is 6.42. The van der Waals surface area contributed by atoms with E-state index in [1.807, 2.05) is 23.2 Å². The number of nitrogens with zero attached hydrogens (tertiary/aromatic N) is 2. The third kappa shape index (κ3) is 2.48. The highest BCUT2D eigenvalue weighted by Crippen LogP contribution is 2.32. The van der Waals surface area contributed by atoms with Crippen LogP contribution in [0.15, 0.2) is 24.4 Å². The standard InChI is InChI=1S/C16H20ClN3O/c1-10-8-19(9-11(2)20(10)12(3)21)16-7-13(17)6-15-14(16)4-5-18-15/h4-7,10-11,18H,8-9H2,1-3H3/t10-,11-/m1/s1. The number of hydrogen-bond donors (Lipinski definition) is 1. The van der Waals surface area contributed by atoms with Crippen LogP contribution in [0.4, 0.5) is 5.69 Å². The number of anilines is 1. The van der Waals surface area contributed by atoms with Crippen molar-refractivity contribution in [1.82, 2.24) is 9.88 Å². The zero-order valence-electron chi connectivity index (χ0n) is 12.6. The summed E-state index contributed by atoms with van der Waals surface area (Å²) >= 11 is 6.24. The number of aromatic nitrogens is 1. The Hall–Kier alpha value is -1.68. The molecule has 2 heterocycles. The molecule has 1 fully saturated rings. The summed E-state index contributed by atoms with van der Waals surface area (Å²) in [6.07, 6.45) is 1.93. The maximum atomic E-state index is 11.8. The van der Waals surface area contributed by atoms with Crippen LogP contribution in [0.2, 0.25) is 5.02 Å². The number of piperazine rings is 1. The topological polar surface area (TPSA) is 39.3 Å². The van der Waals surface area contributed by atoms with E-state index in [1.54, 1.807) is 6.92 Å². The molecule has 112 valence electrons. The van der Waals surface area contributed by atoms with Gasteiger partial charge in [-0.15, -0.1) is 0 Å². The van der Waals surface area contributed by atoms with Crippen molar-refractivity contribution in [3.63, 3.8) is 0 Å². The first-order valence-corrected chi connectivity index (χ1v) is 7.65. The molecule has 1 amide bonds. The Labute approximate surface area is 129 Å². The third-order valence-corrected chi connectivity index (χ3v) is 4.45. The van der Waals surface area contributed by atoms with Gasteiger partial charge in [-0.3, -0.25) is 4.79 Å². The van der Waals surface area contributed by atoms with E-state index in [-0.39, 0.29) is 18.0 Å². The second-order valence-corrected chi connectivity index (χ2v) is 6.33. The lowest BCUT2D eigenvalue weighted by atomic mass is 10.1. The predicted octanol–water partition coefficient (Wildman–Crippen LogP) is 3.27. The van der Waals surface area contributed by atoms with E-state index in [4.69, 9.17) is 11.6 Å². The molecule has 5 heteroatoms. The minimum absolute atomic E-state index is 0.146. The minimum Gasteiger partial charge on any atom is -0.367 e. The van der Waals surface area contributed by atoms with Gasteiger partial charge in [0.15, 0.2) is 0 Å². The van der Waals surface area contributed by atoms with Gasteiger partial charge in [0.25, 0.3) is 0 Å². The number of carbonyl (C=O) groups is 1. The molecule has 0 unspecified atom stereocenters. The van der Waals surface area contributed by atoms with E-state index < -0.39 is 0 Å². The van der Waals surface area contributed by atoms with Gasteiger partial charge >= 0.3 is 0 Å². The SMILES string of the molecule is CC(=O)N1[C@H](C)CN(c2cc(Cl)cc3[nH]ccc23)C[C@H]1C. The Morgan fingerprint density at radius 3 is 2.57 bits per heavy atom. The van der Waals surface area contributed by atoms with Crippen LogP contribution in [0.5, 0.6) is 0 Å². The van der Waals surface area contributed by atoms with Crippen LogP contribution in [0.3, 0.4) is 0 Å². The first kappa shape index (κ1) is 14.3. The Balaban J connectivity index is 1.97. The molecule has 0 aliphatic carbocycles. The molecule has 1 saturated heterocycles. The molecule has 0 bridgehead atoms. The van der Waals surface area contributed by atoms with E-state index in [2.05, 4.69) is 29.8 Å². The molecule has 21 heavy (non-hydrogen) atoms. The largest absolute Gasteiger partial charge is 0.367 e. The maximum Gasteiger partial charge on any atom is 0.220 e. The van der Waals surface area contributed by atoms with Crippen LogP contribution in [-0.2, 0) is 4.79 Å². The molecule has 2 aromatic rings. The molecule has 1 aromatic carbocycles. The van der Waals surface area contributed by atoms with Gasteiger partial charge in [-0.25, -0.2) is 0 Å². The molecule has 1 aliphatic rings. The summed E-state index contributed by atoms with van der Waals surface area (Å²) in [5, 5.41) is 1.91. The number of amides is 1. The van der Waals surface area contributed by atoms with Crippen molar-refractivity contribution in [3.05, 3.63) is 29.4 Å². The number of carbonyl (C=O) groups excluding carboxylic acids is 1. The van der Waals surface area contributed by atoms with E-state index in [1.165, 1.54) is 5.39 Å². The minimum atomic E-state index is 0.146. The van der Waals surface area contributed by atoms with Crippen LogP contribution in [-0.4, -0.2) is 41.0 Å². The van der Waals surface area contributed by atoms with E-state index in [0.29, 0.717) is 0 Å². The second-order valence-electron chi connectivity index (χ2n) is 5.89. The normalized spacial score (nSPS) is 22.9. The summed E-state index contributed by atoms with van der Waals surface area (Å²) in [7, 11) is 0. The van der Waals surface area contributed by atoms with E-state index in [9.17, 15) is 4.79 Å². The Bertz CT molecular complexity index is 669. The fourth-order valence-corrected chi connectivity index (χ4v) is 3.73. The van der Waals surface area contributed by atoms with Gasteiger partial charge in [-0.2, -0.15) is 0 Å². The van der Waals surface area contributed by atoms with Gasteiger partial charge in [0.2, 0.25) is 5.91 Å². The quantitative estimate of drug-likeness (QED) is 0.878. The summed E-state index contributed by atoms with van der Waals surface area (Å²) in [4.78, 5) is 19.3. The molecule has 0 saturated carbocycles. The number of aromatic amines is 1. The second kappa shape index (κ2) is 5.26. The van der Waals surface area contributed by atoms with Crippen molar-refractivity contribution in [3.8, 4) is 0 Å². The summed E-state index contributed by atoms with van der Waals surface area (Å²) < 4.78 is 0. The molecule has 4 nitrogen and oxygen atoms in total. The summed E-state index contributed by atoms with van der Waals surface area (Å²) in [5.41, 5.74) is 2.19. The molecule has 2 atom stereocenters. The molecule has 1 N–H and O–H groups in total. The number of hydrogen-bond acceptors (Lipinski definition) is 2. The van der Waals surface area contributed by atoms with Crippen molar-refractivity contribution in [2.75, 3.05) is 18.0 Å². The van der Waals surface area contributed by atoms with Crippen molar-refractivity contribution in [1.29, 1.82) is 0 Å². The smallest absolute Gasteiger partial charge is 0.220 e. The molecule has 1 aromatic heterocycles. The van der Waals surface area contributed by atoms with Crippen LogP contribution < -0.4 is 4.90 Å². The average molecular weight is 306 g/mol. The van der Waals surface area contributed by atoms with Gasteiger partial charge in [0.1, 0.15) is 0 Å². The van der Waals surface area contributed by atoms with Crippen molar-refractivity contribution < 1.29 is 4.79 Å². The third-order valence-electron chi connectivity index (χ3n) is 4.24. The van der Waals surface area contributed by atoms with Crippen molar-refractivity contribution in [2.24, 2.45) is 0 Å². The van der Waals surface area contributed by atoms with Gasteiger partial charge in [-0.05, 0) is 32.0 Å². The van der Waals surface area contributed by atoms with Crippen LogP contribution >= 0.6 is 11.6 Å². The molecule has 3 rings (SSSR count). The highest BCUT2D eigenvalue weighted by atomic mass is 35.5. The Kier molecular flexibility index (Phi) is 3.57. The number of rotatable bonds is 1. The highest BCUT2D eigenvalue weighted by Gasteiger charge is 2.31. The lowest BCUT2D eigenvalue weighted by molar-refractivity contribution is -0.133. The number of halogens is 1. The Morgan fingerprint density at radius 2 is 1.95 bits per heavy atom. The summed E-state index contributed by atoms with van der Waals surface area (Å²) in [6.45, 7) is 7.49. The van der Waals surface area contributed by atoms with Gasteiger partial charge in [0, 0.05) is 59.9 Å². The lowest BCUT2D eigenvalue weighted by Crippen LogP contribution is -2.58. The average Bonchev–Trinajstić information content (AvgIpc) is 2.84. The number of nitrogens with one attached hydrogen (secondary N) is 1. The van der Waals surface area contributed by atoms with Gasteiger partial charge in [0.05, 0.1) is 0 Å². The van der Waals surface area contributed by atoms with Gasteiger partial charge < -0.3 is 14.8 Å². The van der Waals surface area contributed by atoms with E-state index >= 15 is 0 Å². The predicted molar refractivity (Wildman–Crippen MR) is 87.0 cm³/mol. The molecule has 0 spiro atoms. The molecule has 1 aliphatic heterocycles. The number of benzene rings is 1. The molecule has 0 radical (unpaired) electrons. The fourth-order valence-electron chi connectivity index (χ4n) is 3.51. The monoisotopic (exact) mass is 305 g/mol. The highest BCUT2D eigenvalue weighted by molar-refractivity contribution is 6.31. The van der Waals surface area contributed by atoms with Crippen LogP contribution in [0.25, 0.3) is 10.9 Å². The fraction of sp³-hybridized carbons (Fsp3) is 0.438. The van der Waals surface area contributed by atoms with Crippen LogP contribution in [0.1, 0.15) is 20.8 Å². The van der Waals surface area contributed by atoms with E-state index in [0.717, 1.165) is 29.3 Å². The van der Waals surface area contributed by atoms with Gasteiger partial charge in [-0.1, -0.05) is 11.6 Å². The Morgan fingerprint density at radius 1 is 1.29 bits per heavy atom. The molecular weight excluding hydrogens is 286 g/mol. The van der Waals surface area contributed by atoms with Crippen LogP contribution in [0, 0.1) is 0 Å². The number of H-pyrrole nitrogens is 1. The van der Waals surface area contributed by atoms with Crippen molar-refractivity contribution in [2.45, 2.75) is 32.9 Å². The lowest BCUT2D eigenvalue weighted by Gasteiger charge is -2.45. The first-order valence-electron chi connectivity index (χ1n) is 7.28. The number of fused-ring (bicyclic) bond motifs is 1. The first-order chi connectivity index (χ1) is 9.97. The maximum absolute atomic E-state index is 11.8. The molecular formula is C16H20ClN3O. The summed E-state index contributed by atoms with van der Waals surface area (Å²) in [5.74, 6) is 0.146. The zero-order chi connectivity index (χ0) is 15.1. The zero-order valence-corrected chi connectivity index (χ0v) is 13.3. The van der Waals surface area contributed by atoms with Crippen molar-refractivity contribution >= 4 is 34.1 Å².